The van der Waals surface area contributed by atoms with Crippen LogP contribution in [0.4, 0.5) is 5.69 Å². The zero-order valence-corrected chi connectivity index (χ0v) is 27.8. The van der Waals surface area contributed by atoms with Crippen LogP contribution in [0, 0.1) is 11.8 Å². The molecule has 0 aliphatic carbocycles. The summed E-state index contributed by atoms with van der Waals surface area (Å²) in [5.74, 6) is 6.55. The van der Waals surface area contributed by atoms with Crippen LogP contribution in [0.15, 0.2) is 83.3 Å². The van der Waals surface area contributed by atoms with Gasteiger partial charge < -0.3 is 20.5 Å². The molecular weight excluding hydrogens is 674 g/mol. The number of anilines is 1. The molecule has 8 nitrogen and oxygen atoms in total. The Morgan fingerprint density at radius 3 is 2.47 bits per heavy atom. The Kier molecular flexibility index (Phi) is 10.5. The molecule has 4 aromatic rings. The Morgan fingerprint density at radius 2 is 1.73 bits per heavy atom. The van der Waals surface area contributed by atoms with E-state index >= 15 is 0 Å². The van der Waals surface area contributed by atoms with Gasteiger partial charge in [0.05, 0.1) is 24.3 Å². The second-order valence-electron chi connectivity index (χ2n) is 10.0. The Morgan fingerprint density at radius 1 is 0.978 bits per heavy atom. The van der Waals surface area contributed by atoms with E-state index in [0.29, 0.717) is 35.7 Å². The van der Waals surface area contributed by atoms with Crippen LogP contribution in [-0.2, 0) is 16.0 Å². The summed E-state index contributed by atoms with van der Waals surface area (Å²) in [4.78, 5) is 42.3. The maximum atomic E-state index is 13.8. The summed E-state index contributed by atoms with van der Waals surface area (Å²) in [6, 6.07) is 24.0. The second-order valence-corrected chi connectivity index (χ2v) is 13.3. The SMILES string of the molecule is COc1cc(Br)c(CCNC(=O)C[C@H]2S[C@@H](c3ccc(C#Cc4ccccc4)s3)N(c3cccc(C(N)=O)c3)C2=O)cc1OC. The molecule has 5 rings (SSSR count). The molecule has 1 aliphatic rings. The molecule has 0 radical (unpaired) electrons. The number of nitrogens with one attached hydrogen (secondary N) is 1. The highest BCUT2D eigenvalue weighted by Crippen LogP contribution is 2.48. The van der Waals surface area contributed by atoms with Crippen LogP contribution in [-0.4, -0.2) is 43.7 Å². The summed E-state index contributed by atoms with van der Waals surface area (Å²) in [5, 5.41) is 1.92. The molecule has 0 bridgehead atoms. The third-order valence-corrected chi connectivity index (χ3v) is 10.4. The lowest BCUT2D eigenvalue weighted by atomic mass is 10.1. The number of rotatable bonds is 10. The van der Waals surface area contributed by atoms with Crippen molar-refractivity contribution in [1.29, 1.82) is 0 Å². The Bertz CT molecular complexity index is 1780. The molecule has 1 aliphatic heterocycles. The van der Waals surface area contributed by atoms with Gasteiger partial charge in [-0.25, -0.2) is 0 Å². The number of hydrogen-bond acceptors (Lipinski definition) is 7. The molecule has 3 aromatic carbocycles. The molecule has 45 heavy (non-hydrogen) atoms. The van der Waals surface area contributed by atoms with Gasteiger partial charge in [-0.05, 0) is 66.6 Å². The molecule has 1 saturated heterocycles. The normalized spacial score (nSPS) is 15.7. The van der Waals surface area contributed by atoms with Crippen molar-refractivity contribution in [2.75, 3.05) is 25.7 Å². The second kappa shape index (κ2) is 14.7. The highest BCUT2D eigenvalue weighted by atomic mass is 79.9. The molecule has 0 unspecified atom stereocenters. The smallest absolute Gasteiger partial charge is 0.248 e. The summed E-state index contributed by atoms with van der Waals surface area (Å²) in [7, 11) is 3.15. The van der Waals surface area contributed by atoms with Gasteiger partial charge in [0.15, 0.2) is 11.5 Å². The molecule has 0 saturated carbocycles. The van der Waals surface area contributed by atoms with Gasteiger partial charge in [0, 0.05) is 39.1 Å². The lowest BCUT2D eigenvalue weighted by Gasteiger charge is -2.23. The highest BCUT2D eigenvalue weighted by Gasteiger charge is 2.43. The number of carbonyl (C=O) groups is 3. The fourth-order valence-corrected chi connectivity index (χ4v) is 7.83. The molecule has 3 amide bonds. The van der Waals surface area contributed by atoms with Gasteiger partial charge in [0.2, 0.25) is 17.7 Å². The fraction of sp³-hybridized carbons (Fsp3) is 0.206. The third kappa shape index (κ3) is 7.71. The highest BCUT2D eigenvalue weighted by molar-refractivity contribution is 9.10. The first-order valence-electron chi connectivity index (χ1n) is 14.0. The van der Waals surface area contributed by atoms with E-state index in [1.54, 1.807) is 43.4 Å². The maximum absolute atomic E-state index is 13.8. The molecular formula is C34H30BrN3O5S2. The Labute approximate surface area is 278 Å². The number of halogens is 1. The minimum absolute atomic E-state index is 0.00512. The average molecular weight is 705 g/mol. The van der Waals surface area contributed by atoms with E-state index in [4.69, 9.17) is 15.2 Å². The van der Waals surface area contributed by atoms with Crippen molar-refractivity contribution in [3.05, 3.63) is 110 Å². The molecule has 3 N–H and O–H groups in total. The van der Waals surface area contributed by atoms with E-state index in [0.717, 1.165) is 25.4 Å². The van der Waals surface area contributed by atoms with Crippen molar-refractivity contribution in [2.45, 2.75) is 23.5 Å². The molecule has 0 spiro atoms. The predicted octanol–water partition coefficient (Wildman–Crippen LogP) is 5.92. The number of thioether (sulfide) groups is 1. The van der Waals surface area contributed by atoms with Crippen LogP contribution in [0.3, 0.4) is 0 Å². The third-order valence-electron chi connectivity index (χ3n) is 7.06. The van der Waals surface area contributed by atoms with Crippen molar-refractivity contribution < 1.29 is 23.9 Å². The number of thiophene rings is 1. The number of carbonyl (C=O) groups excluding carboxylic acids is 3. The van der Waals surface area contributed by atoms with E-state index in [2.05, 4.69) is 33.1 Å². The fourth-order valence-electron chi connectivity index (χ4n) is 4.82. The summed E-state index contributed by atoms with van der Waals surface area (Å²) in [5.41, 5.74) is 8.24. The summed E-state index contributed by atoms with van der Waals surface area (Å²) in [6.07, 6.45) is 0.556. The quantitative estimate of drug-likeness (QED) is 0.198. The predicted molar refractivity (Wildman–Crippen MR) is 182 cm³/mol. The standard InChI is InChI=1S/C34H30BrN3O5S2/c1-42-27-18-22(26(35)19-28(27)43-2)15-16-37-31(39)20-30-33(41)38(24-10-6-9-23(17-24)32(36)40)34(45-30)29-14-13-25(44-29)12-11-21-7-4-3-5-8-21/h3-10,13-14,17-19,30,34H,15-16,20H2,1-2H3,(H2,36,40)(H,37,39)/t30-,34+/m1/s1. The maximum Gasteiger partial charge on any atom is 0.248 e. The molecule has 11 heteroatoms. The first kappa shape index (κ1) is 32.2. The first-order chi connectivity index (χ1) is 21.8. The van der Waals surface area contributed by atoms with E-state index in [-0.39, 0.29) is 18.2 Å². The number of benzene rings is 3. The summed E-state index contributed by atoms with van der Waals surface area (Å²) < 4.78 is 11.6. The van der Waals surface area contributed by atoms with Crippen LogP contribution in [0.1, 0.15) is 43.0 Å². The van der Waals surface area contributed by atoms with E-state index in [1.807, 2.05) is 54.6 Å². The van der Waals surface area contributed by atoms with Crippen LogP contribution < -0.4 is 25.4 Å². The average Bonchev–Trinajstić information content (AvgIpc) is 3.65. The van der Waals surface area contributed by atoms with Crippen LogP contribution in [0.2, 0.25) is 0 Å². The molecule has 230 valence electrons. The summed E-state index contributed by atoms with van der Waals surface area (Å²) in [6.45, 7) is 0.376. The van der Waals surface area contributed by atoms with Gasteiger partial charge >= 0.3 is 0 Å². The molecule has 2 heterocycles. The van der Waals surface area contributed by atoms with E-state index in [9.17, 15) is 14.4 Å². The van der Waals surface area contributed by atoms with E-state index in [1.165, 1.54) is 23.1 Å². The number of amides is 3. The van der Waals surface area contributed by atoms with Crippen LogP contribution in [0.5, 0.6) is 11.5 Å². The number of methoxy groups -OCH3 is 2. The lowest BCUT2D eigenvalue weighted by molar-refractivity contribution is -0.124. The van der Waals surface area contributed by atoms with Crippen molar-refractivity contribution in [1.82, 2.24) is 5.32 Å². The number of ether oxygens (including phenoxy) is 2. The van der Waals surface area contributed by atoms with Crippen LogP contribution >= 0.6 is 39.0 Å². The van der Waals surface area contributed by atoms with Crippen molar-refractivity contribution in [3.8, 4) is 23.3 Å². The number of primary amides is 1. The van der Waals surface area contributed by atoms with Gasteiger partial charge in [-0.3, -0.25) is 19.3 Å². The summed E-state index contributed by atoms with van der Waals surface area (Å²) >= 11 is 6.46. The van der Waals surface area contributed by atoms with Gasteiger partial charge in [0.25, 0.3) is 0 Å². The Hall–Kier alpha value is -4.24. The zero-order valence-electron chi connectivity index (χ0n) is 24.5. The van der Waals surface area contributed by atoms with Crippen molar-refractivity contribution >= 4 is 62.4 Å². The van der Waals surface area contributed by atoms with Gasteiger partial charge in [-0.2, -0.15) is 0 Å². The van der Waals surface area contributed by atoms with E-state index < -0.39 is 16.5 Å². The molecule has 1 fully saturated rings. The number of nitrogens with two attached hydrogens (primary N) is 1. The largest absolute Gasteiger partial charge is 0.493 e. The lowest BCUT2D eigenvalue weighted by Crippen LogP contribution is -2.34. The minimum Gasteiger partial charge on any atom is -0.493 e. The zero-order chi connectivity index (χ0) is 31.9. The van der Waals surface area contributed by atoms with Crippen molar-refractivity contribution in [2.24, 2.45) is 5.73 Å². The first-order valence-corrected chi connectivity index (χ1v) is 16.5. The van der Waals surface area contributed by atoms with Crippen molar-refractivity contribution in [3.63, 3.8) is 0 Å². The monoisotopic (exact) mass is 703 g/mol. The van der Waals surface area contributed by atoms with Gasteiger partial charge in [-0.1, -0.05) is 52.0 Å². The number of nitrogens with zero attached hydrogens (tertiary/aromatic N) is 1. The Balaban J connectivity index is 1.32. The minimum atomic E-state index is -0.624. The molecule has 1 aromatic heterocycles. The topological polar surface area (TPSA) is 111 Å². The van der Waals surface area contributed by atoms with Crippen LogP contribution in [0.25, 0.3) is 0 Å². The van der Waals surface area contributed by atoms with Gasteiger partial charge in [-0.15, -0.1) is 23.1 Å². The molecule has 2 atom stereocenters. The van der Waals surface area contributed by atoms with Gasteiger partial charge in [0.1, 0.15) is 5.37 Å². The number of hydrogen-bond donors (Lipinski definition) is 2.